The summed E-state index contributed by atoms with van der Waals surface area (Å²) >= 11 is 0. The molecule has 0 bridgehead atoms. The molecule has 0 unspecified atom stereocenters. The fourth-order valence-corrected chi connectivity index (χ4v) is 4.55. The van der Waals surface area contributed by atoms with E-state index in [0.29, 0.717) is 57.1 Å². The minimum atomic E-state index is -2.76. The van der Waals surface area contributed by atoms with Crippen LogP contribution in [-0.2, 0) is 0 Å². The Morgan fingerprint density at radius 2 is 1.88 bits per heavy atom. The fraction of sp³-hybridized carbons (Fsp3) is 0.560. The molecule has 2 fully saturated rings. The van der Waals surface area contributed by atoms with Crippen LogP contribution in [0.2, 0.25) is 0 Å². The minimum Gasteiger partial charge on any atom is -0.355 e. The number of amides is 1. The molecule has 4 rings (SSSR count). The monoisotopic (exact) mass is 474 g/mol. The van der Waals surface area contributed by atoms with Crippen LogP contribution in [0.5, 0.6) is 0 Å². The molecular weight excluding hydrogens is 438 g/mol. The van der Waals surface area contributed by atoms with Crippen LogP contribution >= 0.6 is 0 Å². The molecule has 2 aliphatic rings. The van der Waals surface area contributed by atoms with E-state index in [1.54, 1.807) is 43.6 Å². The van der Waals surface area contributed by atoms with E-state index in [1.165, 1.54) is 0 Å². The summed E-state index contributed by atoms with van der Waals surface area (Å²) in [6.45, 7) is 3.57. The molecule has 0 saturated carbocycles. The van der Waals surface area contributed by atoms with Gasteiger partial charge in [0, 0.05) is 73.0 Å². The van der Waals surface area contributed by atoms with Crippen LogP contribution in [0, 0.1) is 0 Å². The number of likely N-dealkylation sites (tertiary alicyclic amines) is 1. The van der Waals surface area contributed by atoms with Crippen molar-refractivity contribution in [2.45, 2.75) is 51.1 Å². The average Bonchev–Trinajstić information content (AvgIpc) is 3.01. The van der Waals surface area contributed by atoms with Gasteiger partial charge < -0.3 is 10.2 Å². The standard InChI is InChI=1S/C25H34F2N6O/c1-19(25(2,26)27)31-15-9-21(10-16-31)32-13-4-14-33(18-17-32)23-6-3-5-22(30-23)24(34)29-20-7-11-28-12-8-20/h3,5-8,11-12,19,21H,4,9-10,13-18H2,1-2H3,(H,28,29,34)/t19-/m0/s1/i13D2. The van der Waals surface area contributed by atoms with Gasteiger partial charge in [-0.1, -0.05) is 6.07 Å². The number of hydrogen-bond donors (Lipinski definition) is 1. The van der Waals surface area contributed by atoms with Crippen LogP contribution < -0.4 is 10.2 Å². The molecule has 2 aromatic rings. The summed E-state index contributed by atoms with van der Waals surface area (Å²) in [5.41, 5.74) is 0.909. The largest absolute Gasteiger partial charge is 0.355 e. The van der Waals surface area contributed by atoms with E-state index in [1.807, 2.05) is 20.8 Å². The quantitative estimate of drug-likeness (QED) is 0.688. The van der Waals surface area contributed by atoms with Crippen LogP contribution in [0.1, 0.15) is 46.3 Å². The highest BCUT2D eigenvalue weighted by Gasteiger charge is 2.37. The maximum Gasteiger partial charge on any atom is 0.274 e. The van der Waals surface area contributed by atoms with Gasteiger partial charge in [-0.15, -0.1) is 0 Å². The number of pyridine rings is 2. The summed E-state index contributed by atoms with van der Waals surface area (Å²) in [5, 5.41) is 2.81. The van der Waals surface area contributed by atoms with Crippen LogP contribution in [0.15, 0.2) is 42.7 Å². The lowest BCUT2D eigenvalue weighted by atomic mass is 10.00. The number of aromatic nitrogens is 2. The maximum absolute atomic E-state index is 13.8. The highest BCUT2D eigenvalue weighted by molar-refractivity contribution is 6.03. The number of alkyl halides is 2. The molecule has 2 saturated heterocycles. The van der Waals surface area contributed by atoms with Crippen molar-refractivity contribution >= 4 is 17.4 Å². The second-order valence-electron chi connectivity index (χ2n) is 9.06. The van der Waals surface area contributed by atoms with Gasteiger partial charge in [0.15, 0.2) is 0 Å². The third kappa shape index (κ3) is 6.07. The fourth-order valence-electron chi connectivity index (χ4n) is 4.55. The number of piperidine rings is 1. The molecule has 0 aromatic carbocycles. The summed E-state index contributed by atoms with van der Waals surface area (Å²) in [4.78, 5) is 26.9. The lowest BCUT2D eigenvalue weighted by molar-refractivity contribution is -0.0692. The lowest BCUT2D eigenvalue weighted by Gasteiger charge is -2.41. The molecule has 2 aliphatic heterocycles. The van der Waals surface area contributed by atoms with Gasteiger partial charge >= 0.3 is 0 Å². The van der Waals surface area contributed by atoms with Gasteiger partial charge in [0.25, 0.3) is 11.8 Å². The number of nitrogens with one attached hydrogen (secondary N) is 1. The second-order valence-corrected chi connectivity index (χ2v) is 9.06. The van der Waals surface area contributed by atoms with E-state index < -0.39 is 18.5 Å². The topological polar surface area (TPSA) is 64.6 Å². The molecule has 2 aromatic heterocycles. The van der Waals surface area contributed by atoms with E-state index >= 15 is 0 Å². The van der Waals surface area contributed by atoms with Crippen molar-refractivity contribution in [2.75, 3.05) is 49.4 Å². The Morgan fingerprint density at radius 3 is 2.59 bits per heavy atom. The number of halogens is 2. The Labute approximate surface area is 203 Å². The first-order valence-corrected chi connectivity index (χ1v) is 11.9. The SMILES string of the molecule is [2H]C1([2H])CCN(c2cccc(C(=O)Nc3ccncc3)n2)CCN1C1CCN([C@@H](C)C(C)(F)F)CC1. The Hall–Kier alpha value is -2.65. The van der Waals surface area contributed by atoms with Crippen LogP contribution in [0.25, 0.3) is 0 Å². The zero-order chi connectivity index (χ0) is 25.9. The number of carbonyl (C=O) groups excluding carboxylic acids is 1. The Balaban J connectivity index is 1.40. The smallest absolute Gasteiger partial charge is 0.274 e. The van der Waals surface area contributed by atoms with Crippen molar-refractivity contribution in [1.29, 1.82) is 0 Å². The zero-order valence-electron chi connectivity index (χ0n) is 21.8. The molecule has 34 heavy (non-hydrogen) atoms. The zero-order valence-corrected chi connectivity index (χ0v) is 19.8. The number of carbonyl (C=O) groups is 1. The highest BCUT2D eigenvalue weighted by atomic mass is 19.3. The molecule has 0 spiro atoms. The maximum atomic E-state index is 13.8. The van der Waals surface area contributed by atoms with Gasteiger partial charge in [0.2, 0.25) is 0 Å². The normalized spacial score (nSPS) is 22.4. The van der Waals surface area contributed by atoms with E-state index in [2.05, 4.69) is 15.3 Å². The molecule has 9 heteroatoms. The number of nitrogens with zero attached hydrogens (tertiary/aromatic N) is 5. The van der Waals surface area contributed by atoms with Crippen molar-refractivity contribution in [3.05, 3.63) is 48.4 Å². The Kier molecular flexibility index (Phi) is 6.90. The first kappa shape index (κ1) is 21.9. The van der Waals surface area contributed by atoms with Crippen molar-refractivity contribution in [3.8, 4) is 0 Å². The number of hydrogen-bond acceptors (Lipinski definition) is 6. The van der Waals surface area contributed by atoms with Gasteiger partial charge in [0.1, 0.15) is 11.5 Å². The third-order valence-electron chi connectivity index (χ3n) is 6.76. The van der Waals surface area contributed by atoms with Crippen molar-refractivity contribution in [3.63, 3.8) is 0 Å². The van der Waals surface area contributed by atoms with Gasteiger partial charge in [-0.3, -0.25) is 19.6 Å². The van der Waals surface area contributed by atoms with Crippen LogP contribution in [0.3, 0.4) is 0 Å². The number of anilines is 2. The van der Waals surface area contributed by atoms with Crippen molar-refractivity contribution in [1.82, 2.24) is 19.8 Å². The van der Waals surface area contributed by atoms with Crippen molar-refractivity contribution in [2.24, 2.45) is 0 Å². The summed E-state index contributed by atoms with van der Waals surface area (Å²) in [6, 6.07) is 7.83. The molecule has 4 heterocycles. The minimum absolute atomic E-state index is 0.000637. The molecule has 7 nitrogen and oxygen atoms in total. The second kappa shape index (κ2) is 10.7. The first-order chi connectivity index (χ1) is 17.0. The lowest BCUT2D eigenvalue weighted by Crippen LogP contribution is -2.52. The molecule has 0 radical (unpaired) electrons. The third-order valence-corrected chi connectivity index (χ3v) is 6.76. The summed E-state index contributed by atoms with van der Waals surface area (Å²) in [5.74, 6) is -2.46. The van der Waals surface area contributed by atoms with Crippen LogP contribution in [-0.4, -0.2) is 82.9 Å². The molecular formula is C25H34F2N6O. The highest BCUT2D eigenvalue weighted by Crippen LogP contribution is 2.27. The molecule has 1 amide bonds. The van der Waals surface area contributed by atoms with Crippen LogP contribution in [0.4, 0.5) is 20.3 Å². The van der Waals surface area contributed by atoms with E-state index in [0.717, 1.165) is 6.92 Å². The molecule has 1 atom stereocenters. The number of rotatable bonds is 6. The van der Waals surface area contributed by atoms with E-state index in [9.17, 15) is 13.6 Å². The molecule has 184 valence electrons. The van der Waals surface area contributed by atoms with Gasteiger partial charge in [-0.2, -0.15) is 0 Å². The Morgan fingerprint density at radius 1 is 1.15 bits per heavy atom. The van der Waals surface area contributed by atoms with Crippen molar-refractivity contribution < 1.29 is 16.3 Å². The Bertz CT molecular complexity index is 1030. The first-order valence-electron chi connectivity index (χ1n) is 12.9. The van der Waals surface area contributed by atoms with Gasteiger partial charge in [0.05, 0.1) is 6.04 Å². The summed E-state index contributed by atoms with van der Waals surface area (Å²) in [6.07, 6.45) is 4.79. The average molecular weight is 475 g/mol. The predicted octanol–water partition coefficient (Wildman–Crippen LogP) is 3.75. The predicted molar refractivity (Wildman–Crippen MR) is 130 cm³/mol. The molecule has 0 aliphatic carbocycles. The summed E-state index contributed by atoms with van der Waals surface area (Å²) < 4.78 is 45.0. The van der Waals surface area contributed by atoms with Gasteiger partial charge in [-0.25, -0.2) is 13.8 Å². The van der Waals surface area contributed by atoms with Gasteiger partial charge in [-0.05, 0) is 50.5 Å². The summed E-state index contributed by atoms with van der Waals surface area (Å²) in [7, 11) is 0. The van der Waals surface area contributed by atoms with E-state index in [-0.39, 0.29) is 24.1 Å². The van der Waals surface area contributed by atoms with E-state index in [4.69, 9.17) is 2.74 Å². The molecule has 1 N–H and O–H groups in total.